The third-order valence-electron chi connectivity index (χ3n) is 10.7. The van der Waals surface area contributed by atoms with Crippen LogP contribution < -0.4 is 0 Å². The number of benzene rings is 6. The molecule has 11 rings (SSSR count). The molecule has 0 saturated heterocycles. The van der Waals surface area contributed by atoms with E-state index in [0.717, 1.165) is 27.7 Å². The Morgan fingerprint density at radius 2 is 1.29 bits per heavy atom. The molecule has 0 atom stereocenters. The molecular weight excluding hydrogens is 617 g/mol. The number of pyridine rings is 1. The summed E-state index contributed by atoms with van der Waals surface area (Å²) in [5, 5.41) is 8.44. The zero-order chi connectivity index (χ0) is 32.4. The predicted molar refractivity (Wildman–Crippen MR) is 205 cm³/mol. The lowest BCUT2D eigenvalue weighted by atomic mass is 9.82. The molecule has 0 fully saturated rings. The van der Waals surface area contributed by atoms with Crippen molar-refractivity contribution in [3.63, 3.8) is 0 Å². The highest BCUT2D eigenvalue weighted by Gasteiger charge is 2.35. The molecule has 0 radical (unpaired) electrons. The number of para-hydroxylation sites is 1. The molecule has 0 unspecified atom stereocenters. The Kier molecular flexibility index (Phi) is 5.30. The van der Waals surface area contributed by atoms with Crippen LogP contribution in [0.15, 0.2) is 134 Å². The van der Waals surface area contributed by atoms with Crippen molar-refractivity contribution in [2.24, 2.45) is 0 Å². The smallest absolute Gasteiger partial charge is 0.237 e. The highest BCUT2D eigenvalue weighted by Crippen LogP contribution is 2.50. The van der Waals surface area contributed by atoms with Gasteiger partial charge in [0.05, 0.1) is 21.4 Å². The van der Waals surface area contributed by atoms with Crippen LogP contribution in [0.25, 0.3) is 92.1 Å². The summed E-state index contributed by atoms with van der Waals surface area (Å²) in [7, 11) is 0. The standard InChI is InChI=1S/C44H28N4S/c1-44(2)33-18-8-5-12-26(33)27-22-21-25(24-34(27)44)39-32-17-11-23-45-42(32)47-43(46-39)48-35-19-9-6-15-30(35)37-28-13-3-4-14-29(28)38-31-16-7-10-20-36(31)49-41(38)40(37)48/h3-24H,1-2H3. The minimum atomic E-state index is -0.119. The van der Waals surface area contributed by atoms with Gasteiger partial charge in [0.15, 0.2) is 5.65 Å². The third kappa shape index (κ3) is 3.55. The monoisotopic (exact) mass is 644 g/mol. The van der Waals surface area contributed by atoms with E-state index in [4.69, 9.17) is 15.0 Å². The van der Waals surface area contributed by atoms with Crippen LogP contribution in [0.3, 0.4) is 0 Å². The number of nitrogens with zero attached hydrogens (tertiary/aromatic N) is 4. The van der Waals surface area contributed by atoms with Crippen molar-refractivity contribution in [1.29, 1.82) is 0 Å². The van der Waals surface area contributed by atoms with Crippen LogP contribution in [0.2, 0.25) is 0 Å². The van der Waals surface area contributed by atoms with Crippen molar-refractivity contribution >= 4 is 75.1 Å². The molecule has 0 spiro atoms. The Balaban J connectivity index is 1.27. The van der Waals surface area contributed by atoms with Gasteiger partial charge in [0.25, 0.3) is 0 Å². The molecule has 0 N–H and O–H groups in total. The van der Waals surface area contributed by atoms with Gasteiger partial charge in [-0.05, 0) is 63.4 Å². The fraction of sp³-hybridized carbons (Fsp3) is 0.0682. The summed E-state index contributed by atoms with van der Waals surface area (Å²) >= 11 is 1.85. The van der Waals surface area contributed by atoms with Gasteiger partial charge in [-0.15, -0.1) is 11.3 Å². The Morgan fingerprint density at radius 1 is 0.592 bits per heavy atom. The molecule has 10 aromatic rings. The van der Waals surface area contributed by atoms with Crippen LogP contribution in [0.4, 0.5) is 0 Å². The molecule has 230 valence electrons. The summed E-state index contributed by atoms with van der Waals surface area (Å²) in [5.74, 6) is 0.629. The summed E-state index contributed by atoms with van der Waals surface area (Å²) < 4.78 is 4.81. The highest BCUT2D eigenvalue weighted by molar-refractivity contribution is 7.27. The van der Waals surface area contributed by atoms with Gasteiger partial charge in [-0.2, -0.15) is 4.98 Å². The number of thiophene rings is 1. The molecule has 0 aliphatic heterocycles. The van der Waals surface area contributed by atoms with Crippen molar-refractivity contribution < 1.29 is 0 Å². The largest absolute Gasteiger partial charge is 0.276 e. The maximum absolute atomic E-state index is 5.49. The van der Waals surface area contributed by atoms with Gasteiger partial charge in [0, 0.05) is 48.8 Å². The Bertz CT molecular complexity index is 3040. The number of fused-ring (bicyclic) bond motifs is 14. The van der Waals surface area contributed by atoms with E-state index in [-0.39, 0.29) is 5.41 Å². The molecule has 0 saturated carbocycles. The Hall–Kier alpha value is -5.91. The van der Waals surface area contributed by atoms with Gasteiger partial charge in [0.2, 0.25) is 5.95 Å². The Labute approximate surface area is 286 Å². The third-order valence-corrected chi connectivity index (χ3v) is 11.8. The molecule has 4 aromatic heterocycles. The van der Waals surface area contributed by atoms with Crippen LogP contribution in [0.5, 0.6) is 0 Å². The van der Waals surface area contributed by atoms with E-state index >= 15 is 0 Å². The highest BCUT2D eigenvalue weighted by atomic mass is 32.1. The van der Waals surface area contributed by atoms with Crippen LogP contribution in [-0.2, 0) is 5.41 Å². The first-order valence-corrected chi connectivity index (χ1v) is 17.5. The molecule has 4 heterocycles. The van der Waals surface area contributed by atoms with Gasteiger partial charge in [-0.25, -0.2) is 9.97 Å². The van der Waals surface area contributed by atoms with E-state index in [0.29, 0.717) is 11.6 Å². The van der Waals surface area contributed by atoms with E-state index in [9.17, 15) is 0 Å². The molecule has 4 nitrogen and oxygen atoms in total. The maximum atomic E-state index is 5.49. The maximum Gasteiger partial charge on any atom is 0.237 e. The number of rotatable bonds is 2. The lowest BCUT2D eigenvalue weighted by Crippen LogP contribution is -2.15. The average Bonchev–Trinajstić information content (AvgIpc) is 3.78. The first-order valence-electron chi connectivity index (χ1n) is 16.7. The fourth-order valence-corrected chi connectivity index (χ4v) is 9.72. The lowest BCUT2D eigenvalue weighted by molar-refractivity contribution is 0.660. The molecule has 0 bridgehead atoms. The summed E-state index contributed by atoms with van der Waals surface area (Å²) in [6.45, 7) is 4.65. The second kappa shape index (κ2) is 9.59. The number of aromatic nitrogens is 4. The summed E-state index contributed by atoms with van der Waals surface area (Å²) in [6, 6.07) is 46.0. The van der Waals surface area contributed by atoms with Crippen molar-refractivity contribution in [3.8, 4) is 28.3 Å². The Morgan fingerprint density at radius 3 is 2.16 bits per heavy atom. The molecule has 6 aromatic carbocycles. The van der Waals surface area contributed by atoms with E-state index in [2.05, 4.69) is 140 Å². The minimum Gasteiger partial charge on any atom is -0.276 e. The van der Waals surface area contributed by atoms with Crippen LogP contribution in [0, 0.1) is 0 Å². The van der Waals surface area contributed by atoms with Crippen LogP contribution in [-0.4, -0.2) is 19.5 Å². The molecule has 1 aliphatic carbocycles. The molecule has 49 heavy (non-hydrogen) atoms. The van der Waals surface area contributed by atoms with Crippen molar-refractivity contribution in [2.75, 3.05) is 0 Å². The van der Waals surface area contributed by atoms with Gasteiger partial charge < -0.3 is 0 Å². The zero-order valence-electron chi connectivity index (χ0n) is 26.9. The van der Waals surface area contributed by atoms with Crippen LogP contribution in [0.1, 0.15) is 25.0 Å². The van der Waals surface area contributed by atoms with Gasteiger partial charge in [-0.1, -0.05) is 111 Å². The first-order chi connectivity index (χ1) is 24.1. The molecular formula is C44H28N4S. The van der Waals surface area contributed by atoms with Crippen LogP contribution >= 0.6 is 11.3 Å². The minimum absolute atomic E-state index is 0.119. The second-order valence-corrected chi connectivity index (χ2v) is 14.7. The van der Waals surface area contributed by atoms with Gasteiger partial charge in [-0.3, -0.25) is 4.57 Å². The quantitative estimate of drug-likeness (QED) is 0.188. The summed E-state index contributed by atoms with van der Waals surface area (Å²) in [6.07, 6.45) is 1.83. The number of hydrogen-bond acceptors (Lipinski definition) is 4. The SMILES string of the molecule is CC1(C)c2ccccc2-c2ccc(-c3nc(-n4c5ccccc5c5c6ccccc6c6c7ccccc7sc6c54)nc4ncccc34)cc21. The van der Waals surface area contributed by atoms with E-state index in [1.807, 2.05) is 23.6 Å². The van der Waals surface area contributed by atoms with E-state index in [1.54, 1.807) is 0 Å². The molecule has 0 amide bonds. The average molecular weight is 645 g/mol. The van der Waals surface area contributed by atoms with Crippen molar-refractivity contribution in [3.05, 3.63) is 145 Å². The topological polar surface area (TPSA) is 43.6 Å². The fourth-order valence-electron chi connectivity index (χ4n) is 8.46. The summed E-state index contributed by atoms with van der Waals surface area (Å²) in [5.41, 5.74) is 10.0. The summed E-state index contributed by atoms with van der Waals surface area (Å²) in [4.78, 5) is 15.5. The lowest BCUT2D eigenvalue weighted by Gasteiger charge is -2.22. The second-order valence-electron chi connectivity index (χ2n) is 13.6. The first kappa shape index (κ1) is 27.1. The predicted octanol–water partition coefficient (Wildman–Crippen LogP) is 11.6. The molecule has 1 aliphatic rings. The van der Waals surface area contributed by atoms with E-state index < -0.39 is 0 Å². The van der Waals surface area contributed by atoms with E-state index in [1.165, 1.54) is 64.0 Å². The van der Waals surface area contributed by atoms with Gasteiger partial charge in [0.1, 0.15) is 0 Å². The normalized spacial score (nSPS) is 13.7. The molecule has 5 heteroatoms. The number of hydrogen-bond donors (Lipinski definition) is 0. The van der Waals surface area contributed by atoms with Gasteiger partial charge >= 0.3 is 0 Å². The van der Waals surface area contributed by atoms with Crippen molar-refractivity contribution in [1.82, 2.24) is 19.5 Å². The van der Waals surface area contributed by atoms with Crippen molar-refractivity contribution in [2.45, 2.75) is 19.3 Å². The zero-order valence-corrected chi connectivity index (χ0v) is 27.7.